The number of nitrogens with zero attached hydrogens (tertiary/aromatic N) is 1. The van der Waals surface area contributed by atoms with E-state index >= 15 is 0 Å². The molecular weight excluding hydrogens is 296 g/mol. The van der Waals surface area contributed by atoms with Gasteiger partial charge in [0.15, 0.2) is 0 Å². The molecule has 3 nitrogen and oxygen atoms in total. The molecule has 0 aromatic heterocycles. The maximum absolute atomic E-state index is 12.7. The predicted molar refractivity (Wildman–Crippen MR) is 99.9 cm³/mol. The Hall–Kier alpha value is -2.81. The summed E-state index contributed by atoms with van der Waals surface area (Å²) in [4.78, 5) is 14.4. The van der Waals surface area contributed by atoms with Crippen LogP contribution >= 0.6 is 0 Å². The van der Waals surface area contributed by atoms with Gasteiger partial charge in [0.2, 0.25) is 5.91 Å². The highest BCUT2D eigenvalue weighted by Gasteiger charge is 2.18. The van der Waals surface area contributed by atoms with Crippen LogP contribution in [0.2, 0.25) is 0 Å². The lowest BCUT2D eigenvalue weighted by atomic mass is 10.1. The Morgan fingerprint density at radius 2 is 1.62 bits per heavy atom. The van der Waals surface area contributed by atoms with Crippen LogP contribution in [0.25, 0.3) is 10.8 Å². The van der Waals surface area contributed by atoms with Gasteiger partial charge >= 0.3 is 0 Å². The number of anilines is 1. The summed E-state index contributed by atoms with van der Waals surface area (Å²) >= 11 is 0. The summed E-state index contributed by atoms with van der Waals surface area (Å²) in [7, 11) is 1.84. The second-order valence-corrected chi connectivity index (χ2v) is 6.07. The molecule has 0 aliphatic rings. The zero-order valence-corrected chi connectivity index (χ0v) is 14.1. The van der Waals surface area contributed by atoms with Gasteiger partial charge in [0.25, 0.3) is 0 Å². The van der Waals surface area contributed by atoms with E-state index < -0.39 is 0 Å². The van der Waals surface area contributed by atoms with Crippen molar-refractivity contribution < 1.29 is 4.79 Å². The van der Waals surface area contributed by atoms with Crippen molar-refractivity contribution in [3.05, 3.63) is 78.4 Å². The zero-order valence-electron chi connectivity index (χ0n) is 14.1. The Morgan fingerprint density at radius 1 is 0.958 bits per heavy atom. The molecule has 0 aliphatic heterocycles. The van der Waals surface area contributed by atoms with Crippen molar-refractivity contribution in [1.29, 1.82) is 0 Å². The molecule has 24 heavy (non-hydrogen) atoms. The molecule has 3 aromatic carbocycles. The molecular formula is C21H22N2O. The fourth-order valence-electron chi connectivity index (χ4n) is 2.91. The highest BCUT2D eigenvalue weighted by Crippen LogP contribution is 2.23. The number of rotatable bonds is 5. The smallest absolute Gasteiger partial charge is 0.244 e. The van der Waals surface area contributed by atoms with Gasteiger partial charge in [0, 0.05) is 24.7 Å². The second-order valence-electron chi connectivity index (χ2n) is 6.07. The van der Waals surface area contributed by atoms with Crippen LogP contribution in [0.15, 0.2) is 72.8 Å². The predicted octanol–water partition coefficient (Wildman–Crippen LogP) is 4.30. The molecule has 0 bridgehead atoms. The first kappa shape index (κ1) is 16.1. The van der Waals surface area contributed by atoms with Crippen LogP contribution in [-0.4, -0.2) is 23.9 Å². The maximum atomic E-state index is 12.7. The summed E-state index contributed by atoms with van der Waals surface area (Å²) in [5.74, 6) is 0.0757. The number of hydrogen-bond donors (Lipinski definition) is 1. The fraction of sp³-hybridized carbons (Fsp3) is 0.190. The molecule has 122 valence electrons. The molecule has 3 aromatic rings. The third-order valence-corrected chi connectivity index (χ3v) is 4.17. The Balaban J connectivity index is 1.71. The van der Waals surface area contributed by atoms with E-state index in [1.54, 1.807) is 4.90 Å². The fourth-order valence-corrected chi connectivity index (χ4v) is 2.91. The Labute approximate surface area is 142 Å². The van der Waals surface area contributed by atoms with E-state index in [-0.39, 0.29) is 11.9 Å². The van der Waals surface area contributed by atoms with Gasteiger partial charge in [-0.05, 0) is 23.9 Å². The van der Waals surface area contributed by atoms with Crippen molar-refractivity contribution in [2.45, 2.75) is 19.5 Å². The first-order valence-corrected chi connectivity index (χ1v) is 8.18. The van der Waals surface area contributed by atoms with Crippen LogP contribution in [0.3, 0.4) is 0 Å². The Morgan fingerprint density at radius 3 is 2.42 bits per heavy atom. The van der Waals surface area contributed by atoms with E-state index in [1.807, 2.05) is 68.6 Å². The quantitative estimate of drug-likeness (QED) is 0.761. The topological polar surface area (TPSA) is 32.3 Å². The second kappa shape index (κ2) is 7.18. The van der Waals surface area contributed by atoms with E-state index in [9.17, 15) is 4.79 Å². The van der Waals surface area contributed by atoms with E-state index in [1.165, 1.54) is 5.39 Å². The zero-order chi connectivity index (χ0) is 16.9. The highest BCUT2D eigenvalue weighted by molar-refractivity contribution is 5.95. The van der Waals surface area contributed by atoms with Gasteiger partial charge in [0.1, 0.15) is 6.04 Å². The van der Waals surface area contributed by atoms with E-state index in [0.29, 0.717) is 6.54 Å². The van der Waals surface area contributed by atoms with Crippen molar-refractivity contribution in [3.63, 3.8) is 0 Å². The van der Waals surface area contributed by atoms with Crippen molar-refractivity contribution >= 4 is 22.4 Å². The van der Waals surface area contributed by atoms with Crippen LogP contribution < -0.4 is 5.32 Å². The Bertz CT molecular complexity index is 824. The average molecular weight is 318 g/mol. The summed E-state index contributed by atoms with van der Waals surface area (Å²) in [6, 6.07) is 24.0. The summed E-state index contributed by atoms with van der Waals surface area (Å²) in [5, 5.41) is 5.66. The Kier molecular flexibility index (Phi) is 4.80. The normalized spacial score (nSPS) is 11.9. The number of nitrogens with one attached hydrogen (secondary N) is 1. The SMILES string of the molecule is CC(Nc1cccc2ccccc12)C(=O)N(C)Cc1ccccc1. The number of amides is 1. The molecule has 0 saturated heterocycles. The summed E-state index contributed by atoms with van der Waals surface area (Å²) in [5.41, 5.74) is 2.12. The molecule has 1 unspecified atom stereocenters. The summed E-state index contributed by atoms with van der Waals surface area (Å²) in [6.45, 7) is 2.52. The minimum absolute atomic E-state index is 0.0757. The van der Waals surface area contributed by atoms with E-state index in [4.69, 9.17) is 0 Å². The molecule has 3 rings (SSSR count). The van der Waals surface area contributed by atoms with Gasteiger partial charge in [0.05, 0.1) is 0 Å². The number of likely N-dealkylation sites (N-methyl/N-ethyl adjacent to an activating group) is 1. The van der Waals surface area contributed by atoms with Gasteiger partial charge in [-0.3, -0.25) is 4.79 Å². The van der Waals surface area contributed by atoms with Gasteiger partial charge in [-0.1, -0.05) is 66.7 Å². The van der Waals surface area contributed by atoms with Crippen LogP contribution in [0.5, 0.6) is 0 Å². The molecule has 1 N–H and O–H groups in total. The molecule has 0 aliphatic carbocycles. The molecule has 1 atom stereocenters. The van der Waals surface area contributed by atoms with Crippen LogP contribution in [0.4, 0.5) is 5.69 Å². The van der Waals surface area contributed by atoms with Crippen LogP contribution in [-0.2, 0) is 11.3 Å². The van der Waals surface area contributed by atoms with E-state index in [2.05, 4.69) is 23.5 Å². The first-order valence-electron chi connectivity index (χ1n) is 8.18. The molecule has 1 amide bonds. The number of fused-ring (bicyclic) bond motifs is 1. The molecule has 0 heterocycles. The molecule has 0 fully saturated rings. The largest absolute Gasteiger partial charge is 0.373 e. The van der Waals surface area contributed by atoms with Crippen molar-refractivity contribution in [2.24, 2.45) is 0 Å². The number of carbonyl (C=O) groups is 1. The highest BCUT2D eigenvalue weighted by atomic mass is 16.2. The number of carbonyl (C=O) groups excluding carboxylic acids is 1. The molecule has 0 radical (unpaired) electrons. The van der Waals surface area contributed by atoms with Crippen LogP contribution in [0.1, 0.15) is 12.5 Å². The third-order valence-electron chi connectivity index (χ3n) is 4.17. The van der Waals surface area contributed by atoms with Gasteiger partial charge in [-0.25, -0.2) is 0 Å². The lowest BCUT2D eigenvalue weighted by Gasteiger charge is -2.23. The van der Waals surface area contributed by atoms with Crippen molar-refractivity contribution in [3.8, 4) is 0 Å². The molecule has 3 heteroatoms. The van der Waals surface area contributed by atoms with Gasteiger partial charge < -0.3 is 10.2 Å². The van der Waals surface area contributed by atoms with Crippen molar-refractivity contribution in [1.82, 2.24) is 4.90 Å². The number of benzene rings is 3. The standard InChI is InChI=1S/C21H22N2O/c1-16(21(24)23(2)15-17-9-4-3-5-10-17)22-20-14-8-12-18-11-6-7-13-19(18)20/h3-14,16,22H,15H2,1-2H3. The average Bonchev–Trinajstić information content (AvgIpc) is 2.62. The van der Waals surface area contributed by atoms with Gasteiger partial charge in [-0.2, -0.15) is 0 Å². The summed E-state index contributed by atoms with van der Waals surface area (Å²) < 4.78 is 0. The molecule has 0 saturated carbocycles. The van der Waals surface area contributed by atoms with Crippen molar-refractivity contribution in [2.75, 3.05) is 12.4 Å². The van der Waals surface area contributed by atoms with E-state index in [0.717, 1.165) is 16.6 Å². The van der Waals surface area contributed by atoms with Crippen LogP contribution in [0, 0.1) is 0 Å². The minimum Gasteiger partial charge on any atom is -0.373 e. The monoisotopic (exact) mass is 318 g/mol. The summed E-state index contributed by atoms with van der Waals surface area (Å²) in [6.07, 6.45) is 0. The number of hydrogen-bond acceptors (Lipinski definition) is 2. The maximum Gasteiger partial charge on any atom is 0.244 e. The third kappa shape index (κ3) is 3.57. The lowest BCUT2D eigenvalue weighted by molar-refractivity contribution is -0.130. The molecule has 0 spiro atoms. The first-order chi connectivity index (χ1) is 11.6. The lowest BCUT2D eigenvalue weighted by Crippen LogP contribution is -2.38. The minimum atomic E-state index is -0.287. The van der Waals surface area contributed by atoms with Gasteiger partial charge in [-0.15, -0.1) is 0 Å².